The standard InChI is InChI=1S/C15H23NO2/c1-3-6-13(11-17-2)16-10-14-9-12-7-4-5-8-15(12)18-14/h4-5,7-8,13-14,16H,3,6,9-11H2,1-2H3. The second kappa shape index (κ2) is 6.76. The molecule has 2 atom stereocenters. The van der Waals surface area contributed by atoms with Crippen LogP contribution in [0, 0.1) is 0 Å². The van der Waals surface area contributed by atoms with Gasteiger partial charge >= 0.3 is 0 Å². The van der Waals surface area contributed by atoms with Gasteiger partial charge in [0.05, 0.1) is 6.61 Å². The highest BCUT2D eigenvalue weighted by molar-refractivity contribution is 5.37. The monoisotopic (exact) mass is 249 g/mol. The highest BCUT2D eigenvalue weighted by Crippen LogP contribution is 2.27. The Morgan fingerprint density at radius 1 is 1.44 bits per heavy atom. The van der Waals surface area contributed by atoms with Crippen molar-refractivity contribution in [1.82, 2.24) is 5.32 Å². The Bertz CT molecular complexity index is 336. The average Bonchev–Trinajstić information content (AvgIpc) is 2.79. The molecule has 0 saturated carbocycles. The molecule has 0 bridgehead atoms. The summed E-state index contributed by atoms with van der Waals surface area (Å²) >= 11 is 0. The van der Waals surface area contributed by atoms with Crippen LogP contribution in [-0.2, 0) is 11.2 Å². The largest absolute Gasteiger partial charge is 0.488 e. The summed E-state index contributed by atoms with van der Waals surface area (Å²) in [5, 5.41) is 3.55. The number of hydrogen-bond acceptors (Lipinski definition) is 3. The third kappa shape index (κ3) is 3.47. The molecule has 1 N–H and O–H groups in total. The van der Waals surface area contributed by atoms with Gasteiger partial charge in [0.15, 0.2) is 0 Å². The van der Waals surface area contributed by atoms with Crippen LogP contribution in [0.5, 0.6) is 5.75 Å². The molecule has 2 unspecified atom stereocenters. The lowest BCUT2D eigenvalue weighted by atomic mass is 10.1. The molecule has 0 fully saturated rings. The minimum absolute atomic E-state index is 0.263. The van der Waals surface area contributed by atoms with Gasteiger partial charge < -0.3 is 14.8 Å². The first-order chi connectivity index (χ1) is 8.83. The lowest BCUT2D eigenvalue weighted by Crippen LogP contribution is -2.39. The van der Waals surface area contributed by atoms with Crippen LogP contribution in [0.25, 0.3) is 0 Å². The van der Waals surface area contributed by atoms with E-state index in [1.165, 1.54) is 12.0 Å². The van der Waals surface area contributed by atoms with E-state index in [1.54, 1.807) is 7.11 Å². The Kier molecular flexibility index (Phi) is 5.02. The van der Waals surface area contributed by atoms with Gasteiger partial charge in [-0.2, -0.15) is 0 Å². The third-order valence-corrected chi connectivity index (χ3v) is 3.35. The molecule has 1 aliphatic rings. The van der Waals surface area contributed by atoms with Gasteiger partial charge in [0.1, 0.15) is 11.9 Å². The van der Waals surface area contributed by atoms with E-state index >= 15 is 0 Å². The van der Waals surface area contributed by atoms with Crippen LogP contribution < -0.4 is 10.1 Å². The zero-order chi connectivity index (χ0) is 12.8. The fraction of sp³-hybridized carbons (Fsp3) is 0.600. The van der Waals surface area contributed by atoms with Crippen LogP contribution in [0.2, 0.25) is 0 Å². The number of nitrogens with one attached hydrogen (secondary N) is 1. The molecule has 1 aromatic carbocycles. The summed E-state index contributed by atoms with van der Waals surface area (Å²) in [6, 6.07) is 8.73. The van der Waals surface area contributed by atoms with E-state index in [4.69, 9.17) is 9.47 Å². The lowest BCUT2D eigenvalue weighted by Gasteiger charge is -2.19. The highest BCUT2D eigenvalue weighted by atomic mass is 16.5. The predicted octanol–water partition coefficient (Wildman–Crippen LogP) is 2.39. The van der Waals surface area contributed by atoms with Gasteiger partial charge in [0.2, 0.25) is 0 Å². The molecule has 1 aromatic rings. The smallest absolute Gasteiger partial charge is 0.123 e. The van der Waals surface area contributed by atoms with Crippen molar-refractivity contribution in [3.05, 3.63) is 29.8 Å². The van der Waals surface area contributed by atoms with Gasteiger partial charge in [-0.3, -0.25) is 0 Å². The fourth-order valence-electron chi connectivity index (χ4n) is 2.46. The van der Waals surface area contributed by atoms with Crippen molar-refractivity contribution in [3.63, 3.8) is 0 Å². The SMILES string of the molecule is CCCC(COC)NCC1Cc2ccccc2O1. The molecule has 0 amide bonds. The molecule has 3 nitrogen and oxygen atoms in total. The minimum atomic E-state index is 0.263. The Morgan fingerprint density at radius 2 is 2.28 bits per heavy atom. The molecule has 2 rings (SSSR count). The first-order valence-corrected chi connectivity index (χ1v) is 6.80. The van der Waals surface area contributed by atoms with Gasteiger partial charge in [-0.25, -0.2) is 0 Å². The summed E-state index contributed by atoms with van der Waals surface area (Å²) in [4.78, 5) is 0. The topological polar surface area (TPSA) is 30.5 Å². The molecule has 0 aromatic heterocycles. The van der Waals surface area contributed by atoms with Crippen LogP contribution in [-0.4, -0.2) is 32.4 Å². The van der Waals surface area contributed by atoms with Crippen molar-refractivity contribution in [2.24, 2.45) is 0 Å². The first kappa shape index (κ1) is 13.4. The van der Waals surface area contributed by atoms with Crippen LogP contribution in [0.4, 0.5) is 0 Å². The van der Waals surface area contributed by atoms with E-state index in [1.807, 2.05) is 12.1 Å². The first-order valence-electron chi connectivity index (χ1n) is 6.80. The molecule has 0 saturated heterocycles. The van der Waals surface area contributed by atoms with Crippen molar-refractivity contribution in [3.8, 4) is 5.75 Å². The van der Waals surface area contributed by atoms with E-state index in [0.29, 0.717) is 6.04 Å². The van der Waals surface area contributed by atoms with Crippen molar-refractivity contribution >= 4 is 0 Å². The zero-order valence-electron chi connectivity index (χ0n) is 11.3. The van der Waals surface area contributed by atoms with Crippen LogP contribution in [0.3, 0.4) is 0 Å². The van der Waals surface area contributed by atoms with Crippen molar-refractivity contribution < 1.29 is 9.47 Å². The van der Waals surface area contributed by atoms with E-state index in [0.717, 1.165) is 31.7 Å². The van der Waals surface area contributed by atoms with Gasteiger partial charge in [0, 0.05) is 26.1 Å². The number of fused-ring (bicyclic) bond motifs is 1. The Balaban J connectivity index is 1.78. The molecule has 1 aliphatic heterocycles. The number of ether oxygens (including phenoxy) is 2. The Morgan fingerprint density at radius 3 is 3.00 bits per heavy atom. The van der Waals surface area contributed by atoms with Crippen molar-refractivity contribution in [1.29, 1.82) is 0 Å². The number of benzene rings is 1. The number of methoxy groups -OCH3 is 1. The molecule has 100 valence electrons. The highest BCUT2D eigenvalue weighted by Gasteiger charge is 2.22. The zero-order valence-corrected chi connectivity index (χ0v) is 11.3. The van der Waals surface area contributed by atoms with Crippen molar-refractivity contribution in [2.45, 2.75) is 38.3 Å². The van der Waals surface area contributed by atoms with Crippen LogP contribution in [0.15, 0.2) is 24.3 Å². The molecule has 0 aliphatic carbocycles. The summed E-state index contributed by atoms with van der Waals surface area (Å²) in [5.41, 5.74) is 1.32. The van der Waals surface area contributed by atoms with E-state index in [2.05, 4.69) is 24.4 Å². The van der Waals surface area contributed by atoms with E-state index < -0.39 is 0 Å². The fourth-order valence-corrected chi connectivity index (χ4v) is 2.46. The Hall–Kier alpha value is -1.06. The van der Waals surface area contributed by atoms with Gasteiger partial charge in [-0.1, -0.05) is 31.5 Å². The maximum absolute atomic E-state index is 5.91. The Labute approximate surface area is 109 Å². The molecule has 0 spiro atoms. The second-order valence-corrected chi connectivity index (χ2v) is 4.90. The average molecular weight is 249 g/mol. The van der Waals surface area contributed by atoms with Gasteiger partial charge in [-0.05, 0) is 18.1 Å². The lowest BCUT2D eigenvalue weighted by molar-refractivity contribution is 0.150. The molecule has 18 heavy (non-hydrogen) atoms. The van der Waals surface area contributed by atoms with Crippen LogP contribution in [0.1, 0.15) is 25.3 Å². The number of hydrogen-bond donors (Lipinski definition) is 1. The molecule has 0 radical (unpaired) electrons. The summed E-state index contributed by atoms with van der Waals surface area (Å²) < 4.78 is 11.1. The molecule has 1 heterocycles. The predicted molar refractivity (Wildman–Crippen MR) is 73.1 cm³/mol. The maximum atomic E-state index is 5.91. The number of para-hydroxylation sites is 1. The summed E-state index contributed by atoms with van der Waals surface area (Å²) in [6.45, 7) is 3.86. The van der Waals surface area contributed by atoms with E-state index in [9.17, 15) is 0 Å². The summed E-state index contributed by atoms with van der Waals surface area (Å²) in [6.07, 6.45) is 3.59. The normalized spacial score (nSPS) is 19.3. The van der Waals surface area contributed by atoms with Crippen molar-refractivity contribution in [2.75, 3.05) is 20.3 Å². The number of rotatable bonds is 7. The maximum Gasteiger partial charge on any atom is 0.123 e. The molecule has 3 heteroatoms. The van der Waals surface area contributed by atoms with E-state index in [-0.39, 0.29) is 6.10 Å². The quantitative estimate of drug-likeness (QED) is 0.805. The van der Waals surface area contributed by atoms with Gasteiger partial charge in [-0.15, -0.1) is 0 Å². The second-order valence-electron chi connectivity index (χ2n) is 4.90. The summed E-state index contributed by atoms with van der Waals surface area (Å²) in [5.74, 6) is 1.04. The third-order valence-electron chi connectivity index (χ3n) is 3.35. The van der Waals surface area contributed by atoms with Crippen LogP contribution >= 0.6 is 0 Å². The summed E-state index contributed by atoms with van der Waals surface area (Å²) in [7, 11) is 1.76. The molecular weight excluding hydrogens is 226 g/mol. The minimum Gasteiger partial charge on any atom is -0.488 e. The van der Waals surface area contributed by atoms with Gasteiger partial charge in [0.25, 0.3) is 0 Å². The molecular formula is C15H23NO2.